The molecule has 0 aromatic carbocycles. The molecule has 0 saturated heterocycles. The van der Waals surface area contributed by atoms with E-state index in [4.69, 9.17) is 0 Å². The highest BCUT2D eigenvalue weighted by atomic mass is 15.3. The summed E-state index contributed by atoms with van der Waals surface area (Å²) >= 11 is 0. The summed E-state index contributed by atoms with van der Waals surface area (Å²) in [5, 5.41) is 7.46. The second-order valence-corrected chi connectivity index (χ2v) is 13.4. The molecule has 0 unspecified atom stereocenters. The molecule has 4 heterocycles. The van der Waals surface area contributed by atoms with Crippen molar-refractivity contribution in [2.45, 2.75) is 110 Å². The van der Waals surface area contributed by atoms with Gasteiger partial charge in [0.25, 0.3) is 0 Å². The lowest BCUT2D eigenvalue weighted by Crippen LogP contribution is -2.19. The Hall–Kier alpha value is -3.34. The van der Waals surface area contributed by atoms with Gasteiger partial charge in [-0.15, -0.1) is 0 Å². The van der Waals surface area contributed by atoms with Gasteiger partial charge in [0.2, 0.25) is 0 Å². The molecular weight excluding hydrogens is 550 g/mol. The second kappa shape index (κ2) is 18.6. The van der Waals surface area contributed by atoms with Gasteiger partial charge >= 0.3 is 0 Å². The highest BCUT2D eigenvalue weighted by Gasteiger charge is 2.15. The van der Waals surface area contributed by atoms with Gasteiger partial charge in [-0.3, -0.25) is 9.67 Å². The summed E-state index contributed by atoms with van der Waals surface area (Å²) < 4.78 is 1.95. The number of likely N-dealkylation sites (N-methyl/N-ethyl adjacent to an activating group) is 1. The van der Waals surface area contributed by atoms with Crippen LogP contribution < -0.4 is 5.32 Å². The minimum Gasteiger partial charge on any atom is -0.362 e. The predicted molar refractivity (Wildman–Crippen MR) is 202 cm³/mol. The van der Waals surface area contributed by atoms with Crippen LogP contribution in [-0.2, 0) is 7.05 Å². The van der Waals surface area contributed by atoms with Gasteiger partial charge in [0.15, 0.2) is 0 Å². The zero-order valence-electron chi connectivity index (χ0n) is 31.0. The number of allylic oxidation sites excluding steroid dienone is 8. The first kappa shape index (κ1) is 41.7. The lowest BCUT2D eigenvalue weighted by molar-refractivity contribution is 0.515. The maximum Gasteiger partial charge on any atom is 0.0630 e. The van der Waals surface area contributed by atoms with Crippen LogP contribution in [0.4, 0.5) is 0 Å². The molecule has 3 aliphatic heterocycles. The van der Waals surface area contributed by atoms with Crippen molar-refractivity contribution in [3.63, 3.8) is 0 Å². The number of aromatic nitrogens is 2. The van der Waals surface area contributed by atoms with Crippen LogP contribution in [0.3, 0.4) is 0 Å². The van der Waals surface area contributed by atoms with Gasteiger partial charge in [0.1, 0.15) is 0 Å². The Morgan fingerprint density at radius 2 is 1.38 bits per heavy atom. The molecule has 1 N–H and O–H groups in total. The maximum absolute atomic E-state index is 4.36. The van der Waals surface area contributed by atoms with E-state index in [1.54, 1.807) is 0 Å². The molecule has 0 radical (unpaired) electrons. The molecule has 45 heavy (non-hydrogen) atoms. The standard InChI is InChI=1S/C11H17N.C10H15N.C9H16N2.C9H15N.CH4/c1-8(2)11-7-6-9(3)12(5)10(11)4;1-7(2)10-6-11-9(4)5-8(10)3;1-6(2)9-7(3)10-11(5)8(9)4;1-6(2)9-7(3)5-10-8(9)4;/h6-8H,3H2,1-2,4-5H3;5-7,11H,4H2,1-3H3;6H,1-5H3;6H,5H2,1-4H3;1H4. The second-order valence-electron chi connectivity index (χ2n) is 13.4. The Kier molecular flexibility index (Phi) is 17.2. The van der Waals surface area contributed by atoms with Gasteiger partial charge in [-0.25, -0.2) is 0 Å². The van der Waals surface area contributed by atoms with Crippen molar-refractivity contribution in [1.82, 2.24) is 20.0 Å². The van der Waals surface area contributed by atoms with Crippen molar-refractivity contribution in [2.75, 3.05) is 13.6 Å². The average molecular weight is 618 g/mol. The fraction of sp³-hybridized carbons (Fsp3) is 0.550. The number of hydrogen-bond acceptors (Lipinski definition) is 4. The van der Waals surface area contributed by atoms with Crippen LogP contribution in [0.25, 0.3) is 0 Å². The molecule has 5 nitrogen and oxygen atoms in total. The van der Waals surface area contributed by atoms with Crippen molar-refractivity contribution >= 4 is 5.71 Å². The van der Waals surface area contributed by atoms with Gasteiger partial charge in [0, 0.05) is 48.8 Å². The summed E-state index contributed by atoms with van der Waals surface area (Å²) in [5.74, 6) is 2.42. The maximum atomic E-state index is 4.36. The summed E-state index contributed by atoms with van der Waals surface area (Å²) in [6.07, 6.45) is 8.36. The predicted octanol–water partition coefficient (Wildman–Crippen LogP) is 10.8. The quantitative estimate of drug-likeness (QED) is 0.366. The SMILES string of the molecule is C.C=C1C=C(C)C(C(C)C)=CN1.C=C1C=CC(C(C)C)=C(C)N1C.CC1=NCC(C)=C1C(C)C.Cc1nn(C)c(C)c1C(C)C. The summed E-state index contributed by atoms with van der Waals surface area (Å²) in [6, 6.07) is 0. The fourth-order valence-electron chi connectivity index (χ4n) is 5.98. The lowest BCUT2D eigenvalue weighted by atomic mass is 9.95. The first-order chi connectivity index (χ1) is 20.3. The number of nitrogens with one attached hydrogen (secondary N) is 1. The molecule has 5 heteroatoms. The lowest BCUT2D eigenvalue weighted by Gasteiger charge is -2.28. The Bertz CT molecular complexity index is 1360. The number of nitrogens with zero attached hydrogens (tertiary/aromatic N) is 4. The van der Waals surface area contributed by atoms with Crippen molar-refractivity contribution < 1.29 is 0 Å². The summed E-state index contributed by atoms with van der Waals surface area (Å²) in [7, 11) is 4.05. The average Bonchev–Trinajstić information content (AvgIpc) is 3.38. The summed E-state index contributed by atoms with van der Waals surface area (Å²) in [5.41, 5.74) is 15.5. The minimum absolute atomic E-state index is 0. The van der Waals surface area contributed by atoms with Crippen molar-refractivity contribution in [3.8, 4) is 0 Å². The van der Waals surface area contributed by atoms with E-state index in [9.17, 15) is 0 Å². The number of rotatable bonds is 4. The molecule has 0 aliphatic carbocycles. The van der Waals surface area contributed by atoms with Gasteiger partial charge in [-0.05, 0) is 111 Å². The van der Waals surface area contributed by atoms with Crippen LogP contribution in [0.2, 0.25) is 0 Å². The topological polar surface area (TPSA) is 45.4 Å². The molecule has 252 valence electrons. The molecular formula is C40H67N5. The third kappa shape index (κ3) is 11.8. The Morgan fingerprint density at radius 1 is 0.800 bits per heavy atom. The van der Waals surface area contributed by atoms with Crippen LogP contribution >= 0.6 is 0 Å². The molecule has 1 aromatic heterocycles. The van der Waals surface area contributed by atoms with Crippen LogP contribution in [0, 0.1) is 31.6 Å². The van der Waals surface area contributed by atoms with E-state index >= 15 is 0 Å². The van der Waals surface area contributed by atoms with E-state index < -0.39 is 0 Å². The molecule has 3 aliphatic rings. The number of aliphatic imine (C=N–C) groups is 1. The van der Waals surface area contributed by atoms with E-state index in [1.807, 2.05) is 17.9 Å². The van der Waals surface area contributed by atoms with Gasteiger partial charge in [-0.2, -0.15) is 5.10 Å². The van der Waals surface area contributed by atoms with E-state index in [2.05, 4.69) is 156 Å². The molecule has 0 fully saturated rings. The summed E-state index contributed by atoms with van der Waals surface area (Å²) in [6.45, 7) is 39.1. The van der Waals surface area contributed by atoms with Crippen molar-refractivity contribution in [3.05, 3.63) is 99.5 Å². The van der Waals surface area contributed by atoms with Crippen LogP contribution in [0.1, 0.15) is 113 Å². The zero-order valence-corrected chi connectivity index (χ0v) is 31.0. The monoisotopic (exact) mass is 618 g/mol. The molecule has 0 amide bonds. The smallest absolute Gasteiger partial charge is 0.0630 e. The minimum atomic E-state index is 0. The fourth-order valence-corrected chi connectivity index (χ4v) is 5.98. The van der Waals surface area contributed by atoms with Gasteiger partial charge in [0.05, 0.1) is 12.2 Å². The number of dihydropyridines is 1. The number of hydrogen-bond donors (Lipinski definition) is 1. The number of aryl methyl sites for hydroxylation is 2. The molecule has 1 aromatic rings. The Balaban J connectivity index is 0.000000570. The molecule has 0 saturated carbocycles. The van der Waals surface area contributed by atoms with E-state index in [-0.39, 0.29) is 7.43 Å². The molecule has 0 bridgehead atoms. The van der Waals surface area contributed by atoms with E-state index in [0.717, 1.165) is 17.9 Å². The van der Waals surface area contributed by atoms with E-state index in [1.165, 1.54) is 56.2 Å². The van der Waals surface area contributed by atoms with Gasteiger partial charge < -0.3 is 10.2 Å². The molecule has 4 rings (SSSR count). The van der Waals surface area contributed by atoms with Crippen molar-refractivity contribution in [1.29, 1.82) is 0 Å². The highest BCUT2D eigenvalue weighted by Crippen LogP contribution is 2.26. The largest absolute Gasteiger partial charge is 0.362 e. The normalized spacial score (nSPS) is 16.0. The van der Waals surface area contributed by atoms with Crippen LogP contribution in [-0.4, -0.2) is 34.0 Å². The Morgan fingerprint density at radius 3 is 1.71 bits per heavy atom. The van der Waals surface area contributed by atoms with Crippen LogP contribution in [0.15, 0.2) is 87.5 Å². The summed E-state index contributed by atoms with van der Waals surface area (Å²) in [4.78, 5) is 6.50. The van der Waals surface area contributed by atoms with E-state index in [0.29, 0.717) is 23.7 Å². The highest BCUT2D eigenvalue weighted by molar-refractivity contribution is 6.01. The molecule has 0 atom stereocenters. The Labute approximate surface area is 278 Å². The van der Waals surface area contributed by atoms with Crippen LogP contribution in [0.5, 0.6) is 0 Å². The third-order valence-electron chi connectivity index (χ3n) is 8.43. The zero-order chi connectivity index (χ0) is 34.0. The molecule has 0 spiro atoms. The van der Waals surface area contributed by atoms with Crippen molar-refractivity contribution in [2.24, 2.45) is 29.8 Å². The van der Waals surface area contributed by atoms with Gasteiger partial charge in [-0.1, -0.05) is 82.1 Å². The third-order valence-corrected chi connectivity index (χ3v) is 8.43. The first-order valence-corrected chi connectivity index (χ1v) is 16.2. The first-order valence-electron chi connectivity index (χ1n) is 16.2.